The number of fused-ring (bicyclic) bond motifs is 3. The normalized spacial score (nSPS) is 44.6. The van der Waals surface area contributed by atoms with E-state index in [0.717, 1.165) is 19.3 Å². The number of carbonyl (C=O) groups excluding carboxylic acids is 2. The van der Waals surface area contributed by atoms with Crippen molar-refractivity contribution < 1.29 is 29.3 Å². The summed E-state index contributed by atoms with van der Waals surface area (Å²) in [6, 6.07) is 0. The summed E-state index contributed by atoms with van der Waals surface area (Å²) in [5.74, 6) is -0.185. The standard InChI is InChI=1S/C27H40O6/c1-17(28)32-16-27(31)14-10-20-25(4)12-6-11-24(2,3)19(25)9-13-26(20,5)21(27)8-7-18-15-22(29)33-23(18)30/h7-8,15,19-21,23,30-31H,6,9-14,16H2,1-5H3/b8-7+/t19?,20?,21-,23?,25-,26+,27+/m0/s1. The number of carbonyl (C=O) groups is 2. The Morgan fingerprint density at radius 1 is 1.12 bits per heavy atom. The van der Waals surface area contributed by atoms with E-state index < -0.39 is 23.8 Å². The Hall–Kier alpha value is -1.66. The fraction of sp³-hybridized carbons (Fsp3) is 0.778. The molecule has 3 fully saturated rings. The van der Waals surface area contributed by atoms with Crippen LogP contribution in [0.1, 0.15) is 79.6 Å². The fourth-order valence-corrected chi connectivity index (χ4v) is 8.43. The van der Waals surface area contributed by atoms with Gasteiger partial charge in [0.05, 0.1) is 0 Å². The van der Waals surface area contributed by atoms with Crippen molar-refractivity contribution in [1.82, 2.24) is 0 Å². The van der Waals surface area contributed by atoms with Crippen LogP contribution in [0.25, 0.3) is 0 Å². The van der Waals surface area contributed by atoms with Gasteiger partial charge in [0.25, 0.3) is 0 Å². The molecule has 0 aromatic carbocycles. The van der Waals surface area contributed by atoms with Crippen LogP contribution in [-0.4, -0.2) is 40.6 Å². The average Bonchev–Trinajstić information content (AvgIpc) is 3.02. The molecule has 6 nitrogen and oxygen atoms in total. The summed E-state index contributed by atoms with van der Waals surface area (Å²) in [4.78, 5) is 23.2. The topological polar surface area (TPSA) is 93.1 Å². The zero-order chi connectivity index (χ0) is 24.2. The van der Waals surface area contributed by atoms with Gasteiger partial charge in [0.1, 0.15) is 12.2 Å². The minimum Gasteiger partial charge on any atom is -0.463 e. The summed E-state index contributed by atoms with van der Waals surface area (Å²) in [7, 11) is 0. The Morgan fingerprint density at radius 3 is 2.45 bits per heavy atom. The van der Waals surface area contributed by atoms with Crippen molar-refractivity contribution in [2.45, 2.75) is 91.5 Å². The van der Waals surface area contributed by atoms with Crippen LogP contribution in [-0.2, 0) is 19.1 Å². The van der Waals surface area contributed by atoms with Crippen molar-refractivity contribution >= 4 is 11.9 Å². The molecule has 0 aromatic heterocycles. The summed E-state index contributed by atoms with van der Waals surface area (Å²) in [5, 5.41) is 21.9. The number of aliphatic hydroxyl groups is 2. The van der Waals surface area contributed by atoms with Gasteiger partial charge in [-0.15, -0.1) is 0 Å². The Balaban J connectivity index is 1.72. The van der Waals surface area contributed by atoms with Crippen LogP contribution >= 0.6 is 0 Å². The van der Waals surface area contributed by atoms with E-state index in [9.17, 15) is 19.8 Å². The highest BCUT2D eigenvalue weighted by molar-refractivity contribution is 5.86. The molecule has 0 spiro atoms. The molecule has 4 aliphatic rings. The van der Waals surface area contributed by atoms with Crippen LogP contribution in [0.4, 0.5) is 0 Å². The zero-order valence-electron chi connectivity index (χ0n) is 20.7. The first kappa shape index (κ1) is 24.5. The van der Waals surface area contributed by atoms with Gasteiger partial charge in [-0.25, -0.2) is 4.79 Å². The second-order valence-corrected chi connectivity index (χ2v) is 12.2. The molecule has 33 heavy (non-hydrogen) atoms. The van der Waals surface area contributed by atoms with Crippen LogP contribution in [0.15, 0.2) is 23.8 Å². The van der Waals surface area contributed by atoms with Crippen molar-refractivity contribution in [3.63, 3.8) is 0 Å². The van der Waals surface area contributed by atoms with Gasteiger partial charge in [0.15, 0.2) is 0 Å². The van der Waals surface area contributed by atoms with Gasteiger partial charge in [-0.3, -0.25) is 4.79 Å². The molecular weight excluding hydrogens is 420 g/mol. The van der Waals surface area contributed by atoms with Gasteiger partial charge in [0, 0.05) is 24.5 Å². The SMILES string of the molecule is CC(=O)OC[C@]1(O)CCC2[C@@]3(C)CCCC(C)(C)C3CC[C@@]2(C)[C@@H]1/C=C/C1=CC(=O)OC1O. The summed E-state index contributed by atoms with van der Waals surface area (Å²) in [6.07, 6.45) is 10.9. The quantitative estimate of drug-likeness (QED) is 0.608. The molecule has 0 aromatic rings. The van der Waals surface area contributed by atoms with Gasteiger partial charge in [-0.05, 0) is 66.6 Å². The minimum atomic E-state index is -1.28. The molecule has 7 atom stereocenters. The number of aliphatic hydroxyl groups excluding tert-OH is 1. The molecular formula is C27H40O6. The van der Waals surface area contributed by atoms with Gasteiger partial charge < -0.3 is 19.7 Å². The second kappa shape index (κ2) is 8.23. The van der Waals surface area contributed by atoms with Crippen LogP contribution in [0, 0.1) is 34.0 Å². The van der Waals surface area contributed by atoms with E-state index in [1.807, 2.05) is 6.08 Å². The van der Waals surface area contributed by atoms with Gasteiger partial charge in [-0.1, -0.05) is 46.3 Å². The Labute approximate surface area is 197 Å². The maximum absolute atomic E-state index is 11.8. The highest BCUT2D eigenvalue weighted by atomic mass is 16.6. The van der Waals surface area contributed by atoms with Crippen LogP contribution in [0.3, 0.4) is 0 Å². The molecule has 2 N–H and O–H groups in total. The van der Waals surface area contributed by atoms with E-state index in [-0.39, 0.29) is 23.4 Å². The van der Waals surface area contributed by atoms with Crippen LogP contribution in [0.2, 0.25) is 0 Å². The van der Waals surface area contributed by atoms with Crippen LogP contribution < -0.4 is 0 Å². The lowest BCUT2D eigenvalue weighted by molar-refractivity contribution is -0.214. The number of ether oxygens (including phenoxy) is 2. The lowest BCUT2D eigenvalue weighted by Gasteiger charge is -2.67. The molecule has 0 saturated heterocycles. The summed E-state index contributed by atoms with van der Waals surface area (Å²) < 4.78 is 10.2. The molecule has 1 aliphatic heterocycles. The molecule has 0 radical (unpaired) electrons. The Morgan fingerprint density at radius 2 is 1.82 bits per heavy atom. The number of hydrogen-bond acceptors (Lipinski definition) is 6. The van der Waals surface area contributed by atoms with E-state index in [4.69, 9.17) is 9.47 Å². The first-order valence-corrected chi connectivity index (χ1v) is 12.5. The number of cyclic esters (lactones) is 1. The van der Waals surface area contributed by atoms with Crippen molar-refractivity contribution in [3.8, 4) is 0 Å². The molecule has 6 heteroatoms. The second-order valence-electron chi connectivity index (χ2n) is 12.2. The average molecular weight is 461 g/mol. The molecule has 3 saturated carbocycles. The largest absolute Gasteiger partial charge is 0.463 e. The highest BCUT2D eigenvalue weighted by Gasteiger charge is 2.64. The third-order valence-electron chi connectivity index (χ3n) is 9.80. The van der Waals surface area contributed by atoms with E-state index >= 15 is 0 Å². The minimum absolute atomic E-state index is 0.0533. The summed E-state index contributed by atoms with van der Waals surface area (Å²) in [6.45, 7) is 10.9. The smallest absolute Gasteiger partial charge is 0.333 e. The first-order valence-electron chi connectivity index (χ1n) is 12.5. The van der Waals surface area contributed by atoms with E-state index in [0.29, 0.717) is 29.2 Å². The maximum Gasteiger partial charge on any atom is 0.333 e. The Kier molecular flexibility index (Phi) is 6.10. The third kappa shape index (κ3) is 4.07. The summed E-state index contributed by atoms with van der Waals surface area (Å²) in [5.41, 5.74) is -0.511. The number of rotatable bonds is 4. The maximum atomic E-state index is 11.8. The Bertz CT molecular complexity index is 874. The van der Waals surface area contributed by atoms with Crippen molar-refractivity contribution in [2.75, 3.05) is 6.61 Å². The first-order chi connectivity index (χ1) is 15.3. The van der Waals surface area contributed by atoms with E-state index in [1.165, 1.54) is 32.3 Å². The number of hydrogen-bond donors (Lipinski definition) is 2. The molecule has 0 bridgehead atoms. The zero-order valence-corrected chi connectivity index (χ0v) is 20.7. The highest BCUT2D eigenvalue weighted by Crippen LogP contribution is 2.69. The van der Waals surface area contributed by atoms with Gasteiger partial charge in [0.2, 0.25) is 6.29 Å². The lowest BCUT2D eigenvalue weighted by Crippen LogP contribution is -2.63. The van der Waals surface area contributed by atoms with E-state index in [2.05, 4.69) is 27.7 Å². The molecule has 4 rings (SSSR count). The van der Waals surface area contributed by atoms with Gasteiger partial charge in [-0.2, -0.15) is 0 Å². The number of esters is 2. The fourth-order valence-electron chi connectivity index (χ4n) is 8.43. The third-order valence-corrected chi connectivity index (χ3v) is 9.80. The monoisotopic (exact) mass is 460 g/mol. The van der Waals surface area contributed by atoms with Crippen molar-refractivity contribution in [1.29, 1.82) is 0 Å². The van der Waals surface area contributed by atoms with Gasteiger partial charge >= 0.3 is 11.9 Å². The molecule has 184 valence electrons. The van der Waals surface area contributed by atoms with Crippen molar-refractivity contribution in [3.05, 3.63) is 23.8 Å². The molecule has 1 heterocycles. The predicted octanol–water partition coefficient (Wildman–Crippen LogP) is 4.30. The van der Waals surface area contributed by atoms with E-state index in [1.54, 1.807) is 6.08 Å². The predicted molar refractivity (Wildman–Crippen MR) is 124 cm³/mol. The molecule has 3 unspecified atom stereocenters. The lowest BCUT2D eigenvalue weighted by atomic mass is 9.38. The van der Waals surface area contributed by atoms with Crippen molar-refractivity contribution in [2.24, 2.45) is 34.0 Å². The molecule has 0 amide bonds. The van der Waals surface area contributed by atoms with Crippen LogP contribution in [0.5, 0.6) is 0 Å². The molecule has 3 aliphatic carbocycles. The summed E-state index contributed by atoms with van der Waals surface area (Å²) >= 11 is 0.